The number of rotatable bonds is 64. The highest BCUT2D eigenvalue weighted by Crippen LogP contribution is 2.18. The monoisotopic (exact) mass is 1080 g/mol. The third-order valence-electron chi connectivity index (χ3n) is 15.6. The average Bonchev–Trinajstić information content (AvgIpc) is 3.43. The van der Waals surface area contributed by atoms with E-state index in [9.17, 15) is 14.4 Å². The summed E-state index contributed by atoms with van der Waals surface area (Å²) in [6.45, 7) is 6.70. The van der Waals surface area contributed by atoms with Crippen molar-refractivity contribution in [3.8, 4) is 0 Å². The van der Waals surface area contributed by atoms with Crippen LogP contribution in [0.2, 0.25) is 0 Å². The highest BCUT2D eigenvalue weighted by Gasteiger charge is 2.19. The van der Waals surface area contributed by atoms with Crippen LogP contribution in [0.3, 0.4) is 0 Å². The first-order valence-corrected chi connectivity index (χ1v) is 34.5. The highest BCUT2D eigenvalue weighted by molar-refractivity contribution is 5.71. The Morgan fingerprint density at radius 3 is 0.727 bits per heavy atom. The molecule has 0 aliphatic rings. The topological polar surface area (TPSA) is 78.9 Å². The van der Waals surface area contributed by atoms with Crippen LogP contribution < -0.4 is 0 Å². The van der Waals surface area contributed by atoms with Gasteiger partial charge in [0.25, 0.3) is 0 Å². The molecule has 0 N–H and O–H groups in total. The summed E-state index contributed by atoms with van der Waals surface area (Å²) in [4.78, 5) is 38.4. The number of ether oxygens (including phenoxy) is 3. The second kappa shape index (κ2) is 66.1. The summed E-state index contributed by atoms with van der Waals surface area (Å²) in [7, 11) is 0. The van der Waals surface area contributed by atoms with E-state index in [1.54, 1.807) is 0 Å². The first kappa shape index (κ1) is 74.6. The molecule has 0 rings (SSSR count). The quantitative estimate of drug-likeness (QED) is 0.0261. The fraction of sp³-hybridized carbons (Fsp3) is 0.873. The van der Waals surface area contributed by atoms with Gasteiger partial charge in [0.2, 0.25) is 0 Å². The lowest BCUT2D eigenvalue weighted by molar-refractivity contribution is -0.167. The fourth-order valence-electron chi connectivity index (χ4n) is 10.5. The second-order valence-electron chi connectivity index (χ2n) is 23.5. The van der Waals surface area contributed by atoms with E-state index in [1.165, 1.54) is 270 Å². The van der Waals surface area contributed by atoms with Crippen LogP contribution in [0.1, 0.15) is 380 Å². The Morgan fingerprint density at radius 1 is 0.260 bits per heavy atom. The molecular weight excluding hydrogens is 949 g/mol. The van der Waals surface area contributed by atoms with Gasteiger partial charge in [-0.1, -0.05) is 340 Å². The number of unbranched alkanes of at least 4 members (excludes halogenated alkanes) is 47. The number of carbonyl (C=O) groups excluding carboxylic acids is 3. The van der Waals surface area contributed by atoms with Crippen molar-refractivity contribution in [3.63, 3.8) is 0 Å². The Bertz CT molecular complexity index is 1290. The van der Waals surface area contributed by atoms with Crippen LogP contribution in [-0.2, 0) is 28.6 Å². The largest absolute Gasteiger partial charge is 0.462 e. The minimum atomic E-state index is -0.769. The van der Waals surface area contributed by atoms with E-state index >= 15 is 0 Å². The smallest absolute Gasteiger partial charge is 0.306 e. The van der Waals surface area contributed by atoms with E-state index in [1.807, 2.05) is 0 Å². The standard InChI is InChI=1S/C71H132O6/c1-4-7-10-13-16-19-22-25-28-30-32-33-34-35-36-37-38-39-40-42-43-46-49-52-55-58-61-64-70(73)76-67-68(66-75-69(72)63-60-57-54-51-48-45-27-24-21-18-15-12-9-6-3)77-71(74)65-62-59-56-53-50-47-44-41-31-29-26-23-20-17-14-11-8-5-2/h22,25,30,32,34-35,68H,4-21,23-24,26-29,31,33,36-67H2,1-3H3/b25-22-,32-30-,35-34-. The van der Waals surface area contributed by atoms with Crippen molar-refractivity contribution in [2.45, 2.75) is 386 Å². The molecule has 0 fully saturated rings. The molecule has 1 unspecified atom stereocenters. The lowest BCUT2D eigenvalue weighted by Gasteiger charge is -2.18. The van der Waals surface area contributed by atoms with Crippen molar-refractivity contribution >= 4 is 17.9 Å². The Kier molecular flexibility index (Phi) is 64.1. The third kappa shape index (κ3) is 64.3. The van der Waals surface area contributed by atoms with Crippen molar-refractivity contribution in [1.29, 1.82) is 0 Å². The van der Waals surface area contributed by atoms with Gasteiger partial charge in [-0.3, -0.25) is 14.4 Å². The zero-order chi connectivity index (χ0) is 55.7. The normalized spacial score (nSPS) is 12.2. The first-order valence-electron chi connectivity index (χ1n) is 34.5. The van der Waals surface area contributed by atoms with E-state index < -0.39 is 6.10 Å². The van der Waals surface area contributed by atoms with Gasteiger partial charge in [-0.25, -0.2) is 0 Å². The van der Waals surface area contributed by atoms with Gasteiger partial charge in [-0.05, 0) is 57.8 Å². The number of carbonyl (C=O) groups is 3. The van der Waals surface area contributed by atoms with E-state index in [-0.39, 0.29) is 31.1 Å². The van der Waals surface area contributed by atoms with Gasteiger partial charge >= 0.3 is 17.9 Å². The minimum absolute atomic E-state index is 0.0660. The summed E-state index contributed by atoms with van der Waals surface area (Å²) < 4.78 is 17.0. The molecule has 0 aromatic rings. The summed E-state index contributed by atoms with van der Waals surface area (Å²) >= 11 is 0. The van der Waals surface area contributed by atoms with Gasteiger partial charge in [0.1, 0.15) is 13.2 Å². The van der Waals surface area contributed by atoms with Crippen LogP contribution in [-0.4, -0.2) is 37.2 Å². The lowest BCUT2D eigenvalue weighted by Crippen LogP contribution is -2.30. The minimum Gasteiger partial charge on any atom is -0.462 e. The van der Waals surface area contributed by atoms with E-state index in [4.69, 9.17) is 14.2 Å². The summed E-state index contributed by atoms with van der Waals surface area (Å²) in [6, 6.07) is 0. The van der Waals surface area contributed by atoms with Crippen molar-refractivity contribution in [3.05, 3.63) is 36.5 Å². The molecule has 0 bridgehead atoms. The molecule has 6 heteroatoms. The molecule has 452 valence electrons. The average molecular weight is 1080 g/mol. The molecule has 0 heterocycles. The van der Waals surface area contributed by atoms with Crippen molar-refractivity contribution in [2.75, 3.05) is 13.2 Å². The maximum absolute atomic E-state index is 12.9. The van der Waals surface area contributed by atoms with Gasteiger partial charge in [-0.2, -0.15) is 0 Å². The van der Waals surface area contributed by atoms with Gasteiger partial charge in [0, 0.05) is 19.3 Å². The molecule has 0 aliphatic heterocycles. The van der Waals surface area contributed by atoms with Crippen LogP contribution in [0.25, 0.3) is 0 Å². The van der Waals surface area contributed by atoms with Crippen LogP contribution in [0.5, 0.6) is 0 Å². The van der Waals surface area contributed by atoms with E-state index in [0.29, 0.717) is 19.3 Å². The number of allylic oxidation sites excluding steroid dienone is 6. The van der Waals surface area contributed by atoms with E-state index in [2.05, 4.69) is 57.2 Å². The van der Waals surface area contributed by atoms with Crippen molar-refractivity contribution < 1.29 is 28.6 Å². The summed E-state index contributed by atoms with van der Waals surface area (Å²) in [5, 5.41) is 0. The number of hydrogen-bond acceptors (Lipinski definition) is 6. The molecule has 0 spiro atoms. The zero-order valence-corrected chi connectivity index (χ0v) is 52.0. The highest BCUT2D eigenvalue weighted by atomic mass is 16.6. The number of esters is 3. The van der Waals surface area contributed by atoms with Gasteiger partial charge in [-0.15, -0.1) is 0 Å². The van der Waals surface area contributed by atoms with Crippen molar-refractivity contribution in [1.82, 2.24) is 0 Å². The molecule has 1 atom stereocenters. The number of hydrogen-bond donors (Lipinski definition) is 0. The maximum atomic E-state index is 12.9. The Labute approximate surface area is 480 Å². The fourth-order valence-corrected chi connectivity index (χ4v) is 10.5. The predicted molar refractivity (Wildman–Crippen MR) is 335 cm³/mol. The zero-order valence-electron chi connectivity index (χ0n) is 52.0. The molecule has 6 nitrogen and oxygen atoms in total. The molecule has 0 amide bonds. The predicted octanol–water partition coefficient (Wildman–Crippen LogP) is 23.6. The molecule has 0 saturated heterocycles. The second-order valence-corrected chi connectivity index (χ2v) is 23.5. The SMILES string of the molecule is CCCCCCC/C=C\C/C=C\C/C=C\CCCCCCCCCCCCCCC(=O)OCC(COC(=O)CCCCCCCCCCCCCCCC)OC(=O)CCCCCCCCCCCCCCCCCCCC. The Balaban J connectivity index is 4.24. The van der Waals surface area contributed by atoms with Gasteiger partial charge in [0.05, 0.1) is 0 Å². The van der Waals surface area contributed by atoms with Crippen molar-refractivity contribution in [2.24, 2.45) is 0 Å². The summed E-state index contributed by atoms with van der Waals surface area (Å²) in [5.74, 6) is -0.838. The third-order valence-corrected chi connectivity index (χ3v) is 15.6. The molecule has 0 aliphatic carbocycles. The molecule has 0 saturated carbocycles. The van der Waals surface area contributed by atoms with Gasteiger partial charge < -0.3 is 14.2 Å². The van der Waals surface area contributed by atoms with Crippen LogP contribution in [0.4, 0.5) is 0 Å². The van der Waals surface area contributed by atoms with Gasteiger partial charge in [0.15, 0.2) is 6.10 Å². The molecule has 0 radical (unpaired) electrons. The summed E-state index contributed by atoms with van der Waals surface area (Å²) in [6.07, 6.45) is 81.6. The molecule has 0 aromatic heterocycles. The van der Waals surface area contributed by atoms with Crippen LogP contribution in [0.15, 0.2) is 36.5 Å². The maximum Gasteiger partial charge on any atom is 0.306 e. The summed E-state index contributed by atoms with van der Waals surface area (Å²) in [5.41, 5.74) is 0. The lowest BCUT2D eigenvalue weighted by atomic mass is 10.0. The molecule has 77 heavy (non-hydrogen) atoms. The van der Waals surface area contributed by atoms with Crippen LogP contribution >= 0.6 is 0 Å². The van der Waals surface area contributed by atoms with Crippen LogP contribution in [0, 0.1) is 0 Å². The Morgan fingerprint density at radius 2 is 0.468 bits per heavy atom. The van der Waals surface area contributed by atoms with E-state index in [0.717, 1.165) is 70.6 Å². The molecular formula is C71H132O6. The first-order chi connectivity index (χ1) is 38.0. The Hall–Kier alpha value is -2.37. The molecule has 0 aromatic carbocycles.